The van der Waals surface area contributed by atoms with Gasteiger partial charge < -0.3 is 20.7 Å². The van der Waals surface area contributed by atoms with Crippen LogP contribution in [0.2, 0.25) is 5.02 Å². The number of rotatable bonds is 5. The van der Waals surface area contributed by atoms with E-state index in [2.05, 4.69) is 5.32 Å². The highest BCUT2D eigenvalue weighted by Crippen LogP contribution is 2.22. The van der Waals surface area contributed by atoms with Gasteiger partial charge in [0.05, 0.1) is 0 Å². The lowest BCUT2D eigenvalue weighted by Gasteiger charge is -2.32. The SMILES string of the molecule is NCc1ccc(CNC(=O)N2CCC(Oc3cccc(Cl)c3)CC2)cc1. The average Bonchev–Trinajstić information content (AvgIpc) is 2.67. The van der Waals surface area contributed by atoms with Gasteiger partial charge in [0.15, 0.2) is 0 Å². The quantitative estimate of drug-likeness (QED) is 0.842. The van der Waals surface area contributed by atoms with Crippen LogP contribution in [-0.2, 0) is 13.1 Å². The third-order valence-corrected chi connectivity index (χ3v) is 4.77. The van der Waals surface area contributed by atoms with Crippen molar-refractivity contribution in [1.29, 1.82) is 0 Å². The van der Waals surface area contributed by atoms with E-state index in [0.29, 0.717) is 31.2 Å². The van der Waals surface area contributed by atoms with Gasteiger partial charge in [0, 0.05) is 44.0 Å². The Hall–Kier alpha value is -2.24. The number of carbonyl (C=O) groups excluding carboxylic acids is 1. The molecule has 5 nitrogen and oxygen atoms in total. The van der Waals surface area contributed by atoms with E-state index in [9.17, 15) is 4.79 Å². The standard InChI is InChI=1S/C20H24ClN3O2/c21-17-2-1-3-19(12-17)26-18-8-10-24(11-9-18)20(25)23-14-16-6-4-15(13-22)5-7-16/h1-7,12,18H,8-11,13-14,22H2,(H,23,25). The molecule has 1 fully saturated rings. The van der Waals surface area contributed by atoms with Crippen LogP contribution in [0.3, 0.4) is 0 Å². The number of nitrogens with two attached hydrogens (primary N) is 1. The number of nitrogens with one attached hydrogen (secondary N) is 1. The lowest BCUT2D eigenvalue weighted by molar-refractivity contribution is 0.111. The third kappa shape index (κ3) is 5.13. The molecule has 0 atom stereocenters. The third-order valence-electron chi connectivity index (χ3n) is 4.53. The first-order chi connectivity index (χ1) is 12.6. The van der Waals surface area contributed by atoms with Crippen LogP contribution < -0.4 is 15.8 Å². The molecule has 2 aromatic carbocycles. The zero-order valence-corrected chi connectivity index (χ0v) is 15.4. The molecule has 2 amide bonds. The van der Waals surface area contributed by atoms with Gasteiger partial charge in [0.1, 0.15) is 11.9 Å². The van der Waals surface area contributed by atoms with E-state index in [1.165, 1.54) is 0 Å². The number of nitrogens with zero attached hydrogens (tertiary/aromatic N) is 1. The van der Waals surface area contributed by atoms with E-state index in [4.69, 9.17) is 22.1 Å². The lowest BCUT2D eigenvalue weighted by Crippen LogP contribution is -2.46. The number of piperidine rings is 1. The minimum atomic E-state index is -0.0332. The van der Waals surface area contributed by atoms with Gasteiger partial charge in [0.2, 0.25) is 0 Å². The topological polar surface area (TPSA) is 67.6 Å². The Labute approximate surface area is 159 Å². The summed E-state index contributed by atoms with van der Waals surface area (Å²) in [5, 5.41) is 3.64. The summed E-state index contributed by atoms with van der Waals surface area (Å²) < 4.78 is 5.96. The van der Waals surface area contributed by atoms with Crippen LogP contribution >= 0.6 is 11.6 Å². The van der Waals surface area contributed by atoms with Crippen molar-refractivity contribution in [3.63, 3.8) is 0 Å². The van der Waals surface area contributed by atoms with Crippen LogP contribution in [0.4, 0.5) is 4.79 Å². The van der Waals surface area contributed by atoms with Crippen LogP contribution in [0.15, 0.2) is 48.5 Å². The van der Waals surface area contributed by atoms with Crippen molar-refractivity contribution >= 4 is 17.6 Å². The van der Waals surface area contributed by atoms with Crippen molar-refractivity contribution in [2.75, 3.05) is 13.1 Å². The normalized spacial score (nSPS) is 14.9. The molecule has 0 bridgehead atoms. The molecule has 2 aromatic rings. The van der Waals surface area contributed by atoms with Crippen LogP contribution in [0, 0.1) is 0 Å². The maximum atomic E-state index is 12.3. The Morgan fingerprint density at radius 3 is 2.50 bits per heavy atom. The number of amides is 2. The highest BCUT2D eigenvalue weighted by molar-refractivity contribution is 6.30. The number of ether oxygens (including phenoxy) is 1. The molecule has 6 heteroatoms. The summed E-state index contributed by atoms with van der Waals surface area (Å²) in [6.45, 7) is 2.41. The Bertz CT molecular complexity index is 728. The number of urea groups is 1. The minimum absolute atomic E-state index is 0.0332. The van der Waals surface area contributed by atoms with Crippen molar-refractivity contribution in [3.8, 4) is 5.75 Å². The number of benzene rings is 2. The fourth-order valence-electron chi connectivity index (χ4n) is 2.99. The van der Waals surface area contributed by atoms with Crippen LogP contribution in [0.1, 0.15) is 24.0 Å². The number of hydrogen-bond acceptors (Lipinski definition) is 3. The Kier molecular flexibility index (Phi) is 6.36. The maximum absolute atomic E-state index is 12.3. The molecule has 0 aromatic heterocycles. The van der Waals surface area contributed by atoms with Crippen molar-refractivity contribution in [2.24, 2.45) is 5.73 Å². The van der Waals surface area contributed by atoms with Crippen LogP contribution in [-0.4, -0.2) is 30.1 Å². The van der Waals surface area contributed by atoms with E-state index in [1.807, 2.05) is 53.4 Å². The second kappa shape index (κ2) is 8.92. The number of hydrogen-bond donors (Lipinski definition) is 2. The van der Waals surface area contributed by atoms with E-state index >= 15 is 0 Å². The zero-order valence-electron chi connectivity index (χ0n) is 14.7. The molecule has 26 heavy (non-hydrogen) atoms. The first kappa shape index (κ1) is 18.5. The second-order valence-electron chi connectivity index (χ2n) is 6.44. The molecule has 0 spiro atoms. The molecule has 138 valence electrons. The van der Waals surface area contributed by atoms with E-state index < -0.39 is 0 Å². The predicted octanol–water partition coefficient (Wildman–Crippen LogP) is 3.55. The molecular weight excluding hydrogens is 350 g/mol. The fraction of sp³-hybridized carbons (Fsp3) is 0.350. The summed E-state index contributed by atoms with van der Waals surface area (Å²) in [5.74, 6) is 0.779. The number of likely N-dealkylation sites (tertiary alicyclic amines) is 1. The first-order valence-corrected chi connectivity index (χ1v) is 9.25. The maximum Gasteiger partial charge on any atom is 0.317 e. The second-order valence-corrected chi connectivity index (χ2v) is 6.88. The summed E-state index contributed by atoms with van der Waals surface area (Å²) in [7, 11) is 0. The summed E-state index contributed by atoms with van der Waals surface area (Å²) in [6.07, 6.45) is 1.73. The van der Waals surface area contributed by atoms with E-state index in [-0.39, 0.29) is 12.1 Å². The Morgan fingerprint density at radius 2 is 1.85 bits per heavy atom. The summed E-state index contributed by atoms with van der Waals surface area (Å²) in [6, 6.07) is 15.3. The van der Waals surface area contributed by atoms with Gasteiger partial charge in [-0.15, -0.1) is 0 Å². The molecular formula is C20H24ClN3O2. The number of carbonyl (C=O) groups is 1. The molecule has 0 saturated carbocycles. The molecule has 0 radical (unpaired) electrons. The predicted molar refractivity (Wildman–Crippen MR) is 103 cm³/mol. The molecule has 1 saturated heterocycles. The summed E-state index contributed by atoms with van der Waals surface area (Å²) >= 11 is 5.98. The van der Waals surface area contributed by atoms with E-state index in [0.717, 1.165) is 29.7 Å². The molecule has 0 aliphatic carbocycles. The largest absolute Gasteiger partial charge is 0.490 e. The van der Waals surface area contributed by atoms with Gasteiger partial charge in [-0.25, -0.2) is 4.79 Å². The molecule has 1 aliphatic heterocycles. The molecule has 3 N–H and O–H groups in total. The van der Waals surface area contributed by atoms with Gasteiger partial charge in [-0.05, 0) is 29.3 Å². The van der Waals surface area contributed by atoms with Gasteiger partial charge in [0.25, 0.3) is 0 Å². The highest BCUT2D eigenvalue weighted by atomic mass is 35.5. The van der Waals surface area contributed by atoms with Gasteiger partial charge in [-0.2, -0.15) is 0 Å². The molecule has 1 aliphatic rings. The minimum Gasteiger partial charge on any atom is -0.490 e. The first-order valence-electron chi connectivity index (χ1n) is 8.87. The lowest BCUT2D eigenvalue weighted by atomic mass is 10.1. The van der Waals surface area contributed by atoms with Crippen LogP contribution in [0.25, 0.3) is 0 Å². The monoisotopic (exact) mass is 373 g/mol. The van der Waals surface area contributed by atoms with Crippen molar-refractivity contribution in [1.82, 2.24) is 10.2 Å². The van der Waals surface area contributed by atoms with E-state index in [1.54, 1.807) is 0 Å². The van der Waals surface area contributed by atoms with Crippen molar-refractivity contribution < 1.29 is 9.53 Å². The molecule has 0 unspecified atom stereocenters. The van der Waals surface area contributed by atoms with Crippen molar-refractivity contribution in [3.05, 3.63) is 64.7 Å². The van der Waals surface area contributed by atoms with Crippen LogP contribution in [0.5, 0.6) is 5.75 Å². The summed E-state index contributed by atoms with van der Waals surface area (Å²) in [5.41, 5.74) is 7.74. The fourth-order valence-corrected chi connectivity index (χ4v) is 3.17. The van der Waals surface area contributed by atoms with Gasteiger partial charge in [-0.1, -0.05) is 41.9 Å². The Balaban J connectivity index is 1.42. The average molecular weight is 374 g/mol. The van der Waals surface area contributed by atoms with Gasteiger partial charge >= 0.3 is 6.03 Å². The summed E-state index contributed by atoms with van der Waals surface area (Å²) in [4.78, 5) is 14.2. The molecule has 1 heterocycles. The number of halogens is 1. The smallest absolute Gasteiger partial charge is 0.317 e. The highest BCUT2D eigenvalue weighted by Gasteiger charge is 2.23. The zero-order chi connectivity index (χ0) is 18.4. The molecule has 3 rings (SSSR count). The Morgan fingerprint density at radius 1 is 1.15 bits per heavy atom. The van der Waals surface area contributed by atoms with Crippen molar-refractivity contribution in [2.45, 2.75) is 32.0 Å². The van der Waals surface area contributed by atoms with Gasteiger partial charge in [-0.3, -0.25) is 0 Å².